The second kappa shape index (κ2) is 4.23. The van der Waals surface area contributed by atoms with Crippen LogP contribution in [-0.4, -0.2) is 48.9 Å². The molecule has 0 fully saturated rings. The van der Waals surface area contributed by atoms with Crippen LogP contribution < -0.4 is 0 Å². The number of aliphatic carboxylic acids is 1. The molecule has 0 aliphatic rings. The maximum Gasteiger partial charge on any atom is 0.313 e. The Morgan fingerprint density at radius 3 is 2.08 bits per heavy atom. The van der Waals surface area contributed by atoms with Gasteiger partial charge in [-0.3, -0.25) is 14.1 Å². The fourth-order valence-corrected chi connectivity index (χ4v) is 0.815. The van der Waals surface area contributed by atoms with Gasteiger partial charge in [-0.15, -0.1) is 0 Å². The predicted octanol–water partition coefficient (Wildman–Crippen LogP) is 0.0565. The van der Waals surface area contributed by atoms with Gasteiger partial charge in [0.25, 0.3) is 0 Å². The van der Waals surface area contributed by atoms with Crippen molar-refractivity contribution in [1.82, 2.24) is 0 Å². The van der Waals surface area contributed by atoms with Crippen molar-refractivity contribution in [2.45, 2.75) is 19.6 Å². The fourth-order valence-electron chi connectivity index (χ4n) is 0.815. The van der Waals surface area contributed by atoms with Gasteiger partial charge in [0, 0.05) is 6.92 Å². The van der Waals surface area contributed by atoms with E-state index in [1.807, 2.05) is 0 Å². The zero-order valence-corrected chi connectivity index (χ0v) is 8.40. The second-order valence-electron chi connectivity index (χ2n) is 3.78. The lowest BCUT2D eigenvalue weighted by atomic mass is 10.3. The van der Waals surface area contributed by atoms with E-state index in [4.69, 9.17) is 9.84 Å². The highest BCUT2D eigenvalue weighted by Crippen LogP contribution is 2.09. The molecule has 0 aromatic rings. The highest BCUT2D eigenvalue weighted by Gasteiger charge is 2.29. The molecular formula is C8H16NO4+. The molecule has 0 radical (unpaired) electrons. The molecule has 0 rings (SSSR count). The summed E-state index contributed by atoms with van der Waals surface area (Å²) in [4.78, 5) is 21.1. The van der Waals surface area contributed by atoms with E-state index in [0.717, 1.165) is 0 Å². The summed E-state index contributed by atoms with van der Waals surface area (Å²) >= 11 is 0. The lowest BCUT2D eigenvalue weighted by Crippen LogP contribution is -2.48. The smallest absolute Gasteiger partial charge is 0.313 e. The van der Waals surface area contributed by atoms with E-state index in [-0.39, 0.29) is 10.9 Å². The Hall–Kier alpha value is -1.10. The number of rotatable bonds is 4. The molecular weight excluding hydrogens is 174 g/mol. The average Bonchev–Trinajstić information content (AvgIpc) is 1.81. The summed E-state index contributed by atoms with van der Waals surface area (Å²) in [5.74, 6) is -1.43. The Morgan fingerprint density at radius 1 is 1.38 bits per heavy atom. The standard InChI is InChI=1S/C8H15NO4/c1-6(10)13-7(5-8(11)12)9(2,3)4/h7H,5H2,1-4H3/p+1. The first-order chi connectivity index (χ1) is 5.73. The molecule has 5 nitrogen and oxygen atoms in total. The van der Waals surface area contributed by atoms with E-state index in [1.165, 1.54) is 6.92 Å². The zero-order chi connectivity index (χ0) is 10.6. The number of nitrogens with zero attached hydrogens (tertiary/aromatic N) is 1. The minimum Gasteiger partial charge on any atom is -0.481 e. The van der Waals surface area contributed by atoms with Crippen LogP contribution in [0.15, 0.2) is 0 Å². The summed E-state index contributed by atoms with van der Waals surface area (Å²) in [7, 11) is 5.32. The van der Waals surface area contributed by atoms with Crippen molar-refractivity contribution in [2.75, 3.05) is 21.1 Å². The summed E-state index contributed by atoms with van der Waals surface area (Å²) in [5.41, 5.74) is 0. The molecule has 0 saturated carbocycles. The first kappa shape index (κ1) is 11.9. The molecule has 0 aliphatic heterocycles. The van der Waals surface area contributed by atoms with Crippen molar-refractivity contribution in [1.29, 1.82) is 0 Å². The van der Waals surface area contributed by atoms with Gasteiger partial charge in [0.05, 0.1) is 21.1 Å². The number of hydrogen-bond acceptors (Lipinski definition) is 3. The Bertz CT molecular complexity index is 191. The topological polar surface area (TPSA) is 63.6 Å². The van der Waals surface area contributed by atoms with E-state index in [0.29, 0.717) is 0 Å². The van der Waals surface area contributed by atoms with Crippen LogP contribution in [0.25, 0.3) is 0 Å². The summed E-state index contributed by atoms with van der Waals surface area (Å²) < 4.78 is 5.16. The second-order valence-corrected chi connectivity index (χ2v) is 3.78. The highest BCUT2D eigenvalue weighted by molar-refractivity contribution is 5.69. The number of carbonyl (C=O) groups is 2. The molecule has 0 spiro atoms. The number of esters is 1. The molecule has 5 heteroatoms. The third-order valence-electron chi connectivity index (χ3n) is 1.52. The Labute approximate surface area is 77.5 Å². The van der Waals surface area contributed by atoms with Crippen LogP contribution in [0.4, 0.5) is 0 Å². The number of quaternary nitrogens is 1. The van der Waals surface area contributed by atoms with E-state index in [9.17, 15) is 9.59 Å². The monoisotopic (exact) mass is 190 g/mol. The van der Waals surface area contributed by atoms with Crippen molar-refractivity contribution in [3.8, 4) is 0 Å². The molecule has 1 N–H and O–H groups in total. The third-order valence-corrected chi connectivity index (χ3v) is 1.52. The van der Waals surface area contributed by atoms with Gasteiger partial charge < -0.3 is 9.84 Å². The van der Waals surface area contributed by atoms with Gasteiger partial charge in [-0.2, -0.15) is 0 Å². The molecule has 0 amide bonds. The number of carboxylic acids is 1. The fraction of sp³-hybridized carbons (Fsp3) is 0.750. The molecule has 0 saturated heterocycles. The minimum absolute atomic E-state index is 0.178. The van der Waals surface area contributed by atoms with E-state index in [2.05, 4.69) is 0 Å². The van der Waals surface area contributed by atoms with Gasteiger partial charge >= 0.3 is 11.9 Å². The van der Waals surface area contributed by atoms with Crippen LogP contribution in [0.1, 0.15) is 13.3 Å². The number of carbonyl (C=O) groups excluding carboxylic acids is 1. The highest BCUT2D eigenvalue weighted by atomic mass is 16.6. The molecule has 0 aromatic heterocycles. The molecule has 0 heterocycles. The first-order valence-electron chi connectivity index (χ1n) is 3.93. The van der Waals surface area contributed by atoms with Crippen LogP contribution in [0.3, 0.4) is 0 Å². The normalized spacial score (nSPS) is 13.5. The van der Waals surface area contributed by atoms with Crippen LogP contribution in [0.5, 0.6) is 0 Å². The first-order valence-corrected chi connectivity index (χ1v) is 3.93. The molecule has 76 valence electrons. The maximum atomic E-state index is 10.7. The van der Waals surface area contributed by atoms with Crippen molar-refractivity contribution < 1.29 is 23.9 Å². The lowest BCUT2D eigenvalue weighted by Gasteiger charge is -2.31. The minimum atomic E-state index is -0.973. The van der Waals surface area contributed by atoms with Gasteiger partial charge in [0.2, 0.25) is 6.23 Å². The van der Waals surface area contributed by atoms with Gasteiger partial charge in [-0.1, -0.05) is 0 Å². The Kier molecular flexibility index (Phi) is 3.87. The SMILES string of the molecule is CC(=O)OC(CC(=O)O)[N+](C)(C)C. The van der Waals surface area contributed by atoms with Gasteiger partial charge in [0.1, 0.15) is 6.42 Å². The van der Waals surface area contributed by atoms with Crippen LogP contribution in [-0.2, 0) is 14.3 Å². The summed E-state index contributed by atoms with van der Waals surface area (Å²) in [6.45, 7) is 1.27. The van der Waals surface area contributed by atoms with Gasteiger partial charge in [-0.25, -0.2) is 0 Å². The van der Waals surface area contributed by atoms with Crippen LogP contribution in [0, 0.1) is 0 Å². The zero-order valence-electron chi connectivity index (χ0n) is 8.40. The van der Waals surface area contributed by atoms with Crippen LogP contribution >= 0.6 is 0 Å². The number of ether oxygens (including phenoxy) is 1. The third kappa shape index (κ3) is 5.19. The Morgan fingerprint density at radius 2 is 1.85 bits per heavy atom. The lowest BCUT2D eigenvalue weighted by molar-refractivity contribution is -0.916. The van der Waals surface area contributed by atoms with Gasteiger partial charge in [0.15, 0.2) is 0 Å². The Balaban J connectivity index is 4.37. The maximum absolute atomic E-state index is 10.7. The largest absolute Gasteiger partial charge is 0.481 e. The molecule has 1 atom stereocenters. The summed E-state index contributed by atoms with van der Waals surface area (Å²) in [6, 6.07) is 0. The summed E-state index contributed by atoms with van der Waals surface area (Å²) in [5, 5.41) is 8.56. The van der Waals surface area contributed by atoms with Crippen molar-refractivity contribution >= 4 is 11.9 Å². The number of carboxylic acid groups (broad SMARTS) is 1. The van der Waals surface area contributed by atoms with Crippen molar-refractivity contribution in [3.05, 3.63) is 0 Å². The quantitative estimate of drug-likeness (QED) is 0.386. The van der Waals surface area contributed by atoms with Crippen molar-refractivity contribution in [3.63, 3.8) is 0 Å². The number of hydrogen-bond donors (Lipinski definition) is 1. The van der Waals surface area contributed by atoms with E-state index >= 15 is 0 Å². The van der Waals surface area contributed by atoms with E-state index < -0.39 is 18.2 Å². The predicted molar refractivity (Wildman–Crippen MR) is 45.8 cm³/mol. The molecule has 0 aromatic carbocycles. The van der Waals surface area contributed by atoms with E-state index in [1.54, 1.807) is 21.1 Å². The molecule has 0 bridgehead atoms. The van der Waals surface area contributed by atoms with Gasteiger partial charge in [-0.05, 0) is 0 Å². The van der Waals surface area contributed by atoms with Crippen molar-refractivity contribution in [2.24, 2.45) is 0 Å². The molecule has 13 heavy (non-hydrogen) atoms. The average molecular weight is 190 g/mol. The summed E-state index contributed by atoms with van der Waals surface area (Å²) in [6.07, 6.45) is -0.807. The van der Waals surface area contributed by atoms with Crippen LogP contribution in [0.2, 0.25) is 0 Å². The molecule has 0 aliphatic carbocycles. The molecule has 1 unspecified atom stereocenters.